The van der Waals surface area contributed by atoms with Crippen molar-refractivity contribution < 1.29 is 19.4 Å². The largest absolute Gasteiger partial charge is 0.479 e. The number of halogens is 1. The van der Waals surface area contributed by atoms with E-state index < -0.39 is 12.1 Å². The van der Waals surface area contributed by atoms with Gasteiger partial charge in [0.2, 0.25) is 0 Å². The van der Waals surface area contributed by atoms with E-state index in [0.717, 1.165) is 33.3 Å². The first kappa shape index (κ1) is 26.8. The Morgan fingerprint density at radius 1 is 1.08 bits per heavy atom. The van der Waals surface area contributed by atoms with Crippen molar-refractivity contribution in [2.45, 2.75) is 65.1 Å². The topological polar surface area (TPSA) is 80.6 Å². The van der Waals surface area contributed by atoms with Crippen LogP contribution in [-0.4, -0.2) is 27.7 Å². The molecule has 0 saturated heterocycles. The fraction of sp³-hybridized carbons (Fsp3) is 0.312. The summed E-state index contributed by atoms with van der Waals surface area (Å²) in [5, 5.41) is 13.7. The summed E-state index contributed by atoms with van der Waals surface area (Å²) in [4.78, 5) is 24.3. The summed E-state index contributed by atoms with van der Waals surface area (Å²) in [6.45, 7) is 8.20. The summed E-state index contributed by atoms with van der Waals surface area (Å²) < 4.78 is 7.64. The number of rotatable bonds is 9. The summed E-state index contributed by atoms with van der Waals surface area (Å²) >= 11 is 6.40. The number of hydrogen-bond donors (Lipinski definition) is 2. The van der Waals surface area contributed by atoms with Crippen LogP contribution in [0.5, 0.6) is 5.75 Å². The smallest absolute Gasteiger partial charge is 0.344 e. The third kappa shape index (κ3) is 5.66. The van der Waals surface area contributed by atoms with E-state index in [2.05, 4.69) is 48.0 Å². The molecule has 1 amide bonds. The number of carboxylic acid groups (broad SMARTS) is 1. The quantitative estimate of drug-likeness (QED) is 0.234. The Morgan fingerprint density at radius 3 is 2.54 bits per heavy atom. The molecule has 1 heterocycles. The number of benzene rings is 3. The van der Waals surface area contributed by atoms with Crippen LogP contribution >= 0.6 is 11.6 Å². The average Bonchev–Trinajstić information content (AvgIpc) is 3.74. The number of ether oxygens (including phenoxy) is 1. The number of aryl methyl sites for hydroxylation is 1. The molecular weight excluding hydrogens is 512 g/mol. The van der Waals surface area contributed by atoms with Crippen molar-refractivity contribution in [3.8, 4) is 5.75 Å². The summed E-state index contributed by atoms with van der Waals surface area (Å²) in [6.07, 6.45) is 1.51. The number of hydrogen-bond acceptors (Lipinski definition) is 3. The normalized spacial score (nSPS) is 14.7. The van der Waals surface area contributed by atoms with Gasteiger partial charge in [0.05, 0.1) is 11.1 Å². The third-order valence-electron chi connectivity index (χ3n) is 7.70. The fourth-order valence-electron chi connectivity index (χ4n) is 5.02. The van der Waals surface area contributed by atoms with Gasteiger partial charge in [0, 0.05) is 28.7 Å². The van der Waals surface area contributed by atoms with E-state index >= 15 is 0 Å². The lowest BCUT2D eigenvalue weighted by Crippen LogP contribution is -2.26. The lowest BCUT2D eigenvalue weighted by Gasteiger charge is -2.16. The number of carbonyl (C=O) groups is 2. The third-order valence-corrected chi connectivity index (χ3v) is 7.99. The molecule has 2 atom stereocenters. The number of fused-ring (bicyclic) bond motifs is 1. The first-order valence-corrected chi connectivity index (χ1v) is 13.7. The van der Waals surface area contributed by atoms with Gasteiger partial charge in [-0.1, -0.05) is 41.9 Å². The van der Waals surface area contributed by atoms with Crippen LogP contribution < -0.4 is 10.1 Å². The Hall–Kier alpha value is -3.77. The predicted molar refractivity (Wildman–Crippen MR) is 154 cm³/mol. The SMILES string of the molecule is Cc1c(C)n(Cc2ccc(OC(C)C(=O)O)c(Cl)c2)c2ccc(C(=O)N[C@@H](C)c3cccc(C4CC4)c3)cc12. The molecule has 0 bridgehead atoms. The lowest BCUT2D eigenvalue weighted by atomic mass is 10.0. The van der Waals surface area contributed by atoms with Crippen molar-refractivity contribution in [2.75, 3.05) is 0 Å². The molecule has 2 N–H and O–H groups in total. The minimum Gasteiger partial charge on any atom is -0.479 e. The Bertz CT molecular complexity index is 1570. The second-order valence-electron chi connectivity index (χ2n) is 10.5. The number of aromatic nitrogens is 1. The van der Waals surface area contributed by atoms with Crippen LogP contribution in [0.15, 0.2) is 60.7 Å². The molecule has 6 nitrogen and oxygen atoms in total. The second kappa shape index (κ2) is 10.8. The zero-order valence-corrected chi connectivity index (χ0v) is 23.4. The van der Waals surface area contributed by atoms with E-state index in [1.807, 2.05) is 31.2 Å². The van der Waals surface area contributed by atoms with Crippen LogP contribution in [0.3, 0.4) is 0 Å². The Morgan fingerprint density at radius 2 is 1.85 bits per heavy atom. The molecule has 1 saturated carbocycles. The van der Waals surface area contributed by atoms with Crippen LogP contribution in [0, 0.1) is 13.8 Å². The van der Waals surface area contributed by atoms with Gasteiger partial charge >= 0.3 is 5.97 Å². The molecular formula is C32H33ClN2O4. The number of aliphatic carboxylic acids is 1. The highest BCUT2D eigenvalue weighted by molar-refractivity contribution is 6.32. The van der Waals surface area contributed by atoms with Gasteiger partial charge < -0.3 is 19.7 Å². The van der Waals surface area contributed by atoms with Gasteiger partial charge in [0.15, 0.2) is 6.10 Å². The highest BCUT2D eigenvalue weighted by Crippen LogP contribution is 2.40. The zero-order chi connectivity index (χ0) is 27.8. The van der Waals surface area contributed by atoms with Gasteiger partial charge in [-0.2, -0.15) is 0 Å². The number of carbonyl (C=O) groups excluding carboxylic acids is 1. The molecule has 3 aromatic carbocycles. The predicted octanol–water partition coefficient (Wildman–Crippen LogP) is 7.18. The molecule has 1 aromatic heterocycles. The molecule has 4 aromatic rings. The van der Waals surface area contributed by atoms with Crippen LogP contribution in [0.25, 0.3) is 10.9 Å². The number of nitrogens with zero attached hydrogens (tertiary/aromatic N) is 1. The number of nitrogens with one attached hydrogen (secondary N) is 1. The van der Waals surface area contributed by atoms with Gasteiger partial charge in [0.1, 0.15) is 5.75 Å². The Kier molecular flexibility index (Phi) is 7.41. The molecule has 39 heavy (non-hydrogen) atoms. The molecule has 0 aliphatic heterocycles. The fourth-order valence-corrected chi connectivity index (χ4v) is 5.27. The van der Waals surface area contributed by atoms with Gasteiger partial charge in [-0.3, -0.25) is 4.79 Å². The van der Waals surface area contributed by atoms with Gasteiger partial charge in [-0.25, -0.2) is 4.79 Å². The van der Waals surface area contributed by atoms with E-state index in [1.54, 1.807) is 12.1 Å². The molecule has 0 radical (unpaired) electrons. The maximum Gasteiger partial charge on any atom is 0.344 e. The second-order valence-corrected chi connectivity index (χ2v) is 10.9. The van der Waals surface area contributed by atoms with E-state index in [4.69, 9.17) is 21.4 Å². The molecule has 1 fully saturated rings. The monoisotopic (exact) mass is 544 g/mol. The molecule has 1 aliphatic rings. The molecule has 5 rings (SSSR count). The average molecular weight is 545 g/mol. The van der Waals surface area contributed by atoms with E-state index in [-0.39, 0.29) is 11.9 Å². The van der Waals surface area contributed by atoms with E-state index in [1.165, 1.54) is 25.3 Å². The van der Waals surface area contributed by atoms with Gasteiger partial charge in [-0.15, -0.1) is 0 Å². The first-order valence-electron chi connectivity index (χ1n) is 13.3. The van der Waals surface area contributed by atoms with Crippen LogP contribution in [-0.2, 0) is 11.3 Å². The van der Waals surface area contributed by atoms with Crippen LogP contribution in [0.4, 0.5) is 0 Å². The van der Waals surface area contributed by atoms with Crippen molar-refractivity contribution in [3.05, 3.63) is 99.2 Å². The molecule has 7 heteroatoms. The summed E-state index contributed by atoms with van der Waals surface area (Å²) in [5.74, 6) is -0.132. The molecule has 202 valence electrons. The highest BCUT2D eigenvalue weighted by atomic mass is 35.5. The van der Waals surface area contributed by atoms with Crippen molar-refractivity contribution in [2.24, 2.45) is 0 Å². The maximum atomic E-state index is 13.2. The minimum absolute atomic E-state index is 0.0884. The standard InChI is InChI=1S/C32H33ClN2O4/c1-18-20(3)35(17-22-8-13-30(28(33)14-22)39-21(4)32(37)38)29-12-11-26(16-27(18)29)31(36)34-19(2)24-6-5-7-25(15-24)23-9-10-23/h5-8,11-16,19,21,23H,9-10,17H2,1-4H3,(H,34,36)(H,37,38)/t19-,21?/m0/s1. The van der Waals surface area contributed by atoms with Crippen LogP contribution in [0.1, 0.15) is 77.0 Å². The highest BCUT2D eigenvalue weighted by Gasteiger charge is 2.24. The lowest BCUT2D eigenvalue weighted by molar-refractivity contribution is -0.144. The minimum atomic E-state index is -1.05. The molecule has 1 aliphatic carbocycles. The van der Waals surface area contributed by atoms with Crippen molar-refractivity contribution in [1.82, 2.24) is 9.88 Å². The summed E-state index contributed by atoms with van der Waals surface area (Å²) in [6, 6.07) is 19.7. The summed E-state index contributed by atoms with van der Waals surface area (Å²) in [7, 11) is 0. The maximum absolute atomic E-state index is 13.2. The molecule has 1 unspecified atom stereocenters. The Balaban J connectivity index is 1.35. The summed E-state index contributed by atoms with van der Waals surface area (Å²) in [5.41, 5.74) is 7.32. The number of amides is 1. The van der Waals surface area contributed by atoms with Crippen molar-refractivity contribution in [1.29, 1.82) is 0 Å². The molecule has 0 spiro atoms. The van der Waals surface area contributed by atoms with Gasteiger partial charge in [0.25, 0.3) is 5.91 Å². The zero-order valence-electron chi connectivity index (χ0n) is 22.6. The Labute approximate surface area is 233 Å². The van der Waals surface area contributed by atoms with E-state index in [0.29, 0.717) is 28.8 Å². The van der Waals surface area contributed by atoms with Gasteiger partial charge in [-0.05, 0) is 99.0 Å². The van der Waals surface area contributed by atoms with Crippen LogP contribution in [0.2, 0.25) is 5.02 Å². The van der Waals surface area contributed by atoms with Crippen molar-refractivity contribution >= 4 is 34.4 Å². The van der Waals surface area contributed by atoms with E-state index in [9.17, 15) is 9.59 Å². The first-order chi connectivity index (χ1) is 18.6. The number of carboxylic acids is 1. The van der Waals surface area contributed by atoms with Crippen molar-refractivity contribution in [3.63, 3.8) is 0 Å².